The minimum absolute atomic E-state index is 0.0141. The van der Waals surface area contributed by atoms with Crippen molar-refractivity contribution in [2.75, 3.05) is 46.4 Å². The fraction of sp³-hybridized carbons (Fsp3) is 0.440. The van der Waals surface area contributed by atoms with E-state index in [1.165, 1.54) is 6.33 Å². The van der Waals surface area contributed by atoms with Crippen molar-refractivity contribution in [3.05, 3.63) is 72.1 Å². The Morgan fingerprint density at radius 1 is 1.22 bits per heavy atom. The van der Waals surface area contributed by atoms with E-state index in [9.17, 15) is 9.59 Å². The molecule has 3 aliphatic heterocycles. The number of likely N-dealkylation sites (N-methyl/N-ethyl adjacent to an activating group) is 1. The average molecular weight is 493 g/mol. The molecule has 0 aliphatic carbocycles. The van der Waals surface area contributed by atoms with Gasteiger partial charge in [0.15, 0.2) is 0 Å². The van der Waals surface area contributed by atoms with Crippen LogP contribution in [0.3, 0.4) is 0 Å². The predicted octanol–water partition coefficient (Wildman–Crippen LogP) is 0.206. The lowest BCUT2D eigenvalue weighted by atomic mass is 10.2. The van der Waals surface area contributed by atoms with Gasteiger partial charge < -0.3 is 10.1 Å². The zero-order valence-electron chi connectivity index (χ0n) is 20.4. The van der Waals surface area contributed by atoms with Crippen molar-refractivity contribution in [2.24, 2.45) is 0 Å². The van der Waals surface area contributed by atoms with Crippen LogP contribution in [-0.4, -0.2) is 99.9 Å². The van der Waals surface area contributed by atoms with Crippen molar-refractivity contribution in [1.29, 1.82) is 0 Å². The van der Waals surface area contributed by atoms with Gasteiger partial charge in [-0.2, -0.15) is 0 Å². The highest BCUT2D eigenvalue weighted by Crippen LogP contribution is 2.22. The molecule has 2 fully saturated rings. The standard InChI is InChI=1S/C25H32N8O3/c1-30-22-16-20(8-5-10-31-12-14-36-15-13-31)28-33(22)11-9-21(25(30)35)27-24(34)23-26-18-32(29-23)17-19-6-3-2-4-7-19/h2-8,16,18,20-21,28H,9-15,17H2,1H3,(H,27,34)/b8-5+. The second-order valence-electron chi connectivity index (χ2n) is 9.14. The van der Waals surface area contributed by atoms with Gasteiger partial charge in [-0.3, -0.25) is 24.4 Å². The summed E-state index contributed by atoms with van der Waals surface area (Å²) in [6, 6.07) is 9.18. The van der Waals surface area contributed by atoms with E-state index in [1.54, 1.807) is 16.6 Å². The van der Waals surface area contributed by atoms with Crippen LogP contribution in [0.5, 0.6) is 0 Å². The van der Waals surface area contributed by atoms with Crippen molar-refractivity contribution < 1.29 is 14.3 Å². The lowest BCUT2D eigenvalue weighted by molar-refractivity contribution is -0.130. The van der Waals surface area contributed by atoms with Crippen LogP contribution in [0.2, 0.25) is 0 Å². The van der Waals surface area contributed by atoms with E-state index in [0.29, 0.717) is 19.5 Å². The Morgan fingerprint density at radius 2 is 2.03 bits per heavy atom. The zero-order valence-corrected chi connectivity index (χ0v) is 20.4. The van der Waals surface area contributed by atoms with E-state index in [-0.39, 0.29) is 17.8 Å². The molecule has 2 amide bonds. The summed E-state index contributed by atoms with van der Waals surface area (Å²) < 4.78 is 7.01. The molecule has 5 rings (SSSR count). The number of carbonyl (C=O) groups is 2. The Balaban J connectivity index is 1.17. The summed E-state index contributed by atoms with van der Waals surface area (Å²) in [5.74, 6) is 0.221. The Morgan fingerprint density at radius 3 is 2.83 bits per heavy atom. The van der Waals surface area contributed by atoms with Gasteiger partial charge in [-0.25, -0.2) is 15.1 Å². The van der Waals surface area contributed by atoms with Gasteiger partial charge in [0.25, 0.3) is 11.8 Å². The van der Waals surface area contributed by atoms with E-state index in [0.717, 1.165) is 44.2 Å². The number of rotatable bonds is 7. The van der Waals surface area contributed by atoms with Gasteiger partial charge in [-0.15, -0.1) is 5.10 Å². The fourth-order valence-electron chi connectivity index (χ4n) is 4.58. The predicted molar refractivity (Wildman–Crippen MR) is 132 cm³/mol. The van der Waals surface area contributed by atoms with Gasteiger partial charge in [-0.05, 0) is 18.1 Å². The van der Waals surface area contributed by atoms with Crippen molar-refractivity contribution in [2.45, 2.75) is 25.0 Å². The summed E-state index contributed by atoms with van der Waals surface area (Å²) in [5.41, 5.74) is 4.49. The summed E-state index contributed by atoms with van der Waals surface area (Å²) in [5, 5.41) is 9.08. The normalized spacial score (nSPS) is 23.0. The smallest absolute Gasteiger partial charge is 0.291 e. The minimum Gasteiger partial charge on any atom is -0.379 e. The SMILES string of the molecule is CN1C(=O)C(NC(=O)c2ncn(Cc3ccccc3)n2)CCN2NC(/C=C/CN3CCOCC3)C=C21. The maximum Gasteiger partial charge on any atom is 0.291 e. The van der Waals surface area contributed by atoms with Crippen molar-refractivity contribution in [1.82, 2.24) is 40.3 Å². The number of amides is 2. The van der Waals surface area contributed by atoms with E-state index in [1.807, 2.05) is 41.4 Å². The molecule has 3 aliphatic rings. The molecular formula is C25H32N8O3. The Bertz CT molecular complexity index is 1130. The highest BCUT2D eigenvalue weighted by atomic mass is 16.5. The third kappa shape index (κ3) is 5.64. The minimum atomic E-state index is -0.660. The fourth-order valence-corrected chi connectivity index (χ4v) is 4.58. The first kappa shape index (κ1) is 24.2. The molecule has 4 heterocycles. The first-order chi connectivity index (χ1) is 17.6. The summed E-state index contributed by atoms with van der Waals surface area (Å²) in [7, 11) is 1.74. The summed E-state index contributed by atoms with van der Waals surface area (Å²) in [4.78, 5) is 34.1. The van der Waals surface area contributed by atoms with E-state index in [2.05, 4.69) is 37.9 Å². The van der Waals surface area contributed by atoms with Crippen LogP contribution < -0.4 is 10.7 Å². The van der Waals surface area contributed by atoms with Gasteiger partial charge in [0.05, 0.1) is 25.8 Å². The molecule has 2 N–H and O–H groups in total. The molecule has 1 aromatic carbocycles. The van der Waals surface area contributed by atoms with Crippen LogP contribution in [0.1, 0.15) is 22.6 Å². The van der Waals surface area contributed by atoms with Crippen LogP contribution in [0.15, 0.2) is 60.7 Å². The van der Waals surface area contributed by atoms with Gasteiger partial charge in [0, 0.05) is 33.2 Å². The number of carbonyl (C=O) groups excluding carboxylic acids is 2. The molecular weight excluding hydrogens is 460 g/mol. The Labute approximate surface area is 210 Å². The first-order valence-corrected chi connectivity index (χ1v) is 12.3. The van der Waals surface area contributed by atoms with Gasteiger partial charge in [0.1, 0.15) is 18.2 Å². The Hall–Kier alpha value is -3.54. The lowest BCUT2D eigenvalue weighted by Crippen LogP contribution is -2.46. The van der Waals surface area contributed by atoms with Crippen LogP contribution in [0.25, 0.3) is 0 Å². The Kier molecular flexibility index (Phi) is 7.40. The highest BCUT2D eigenvalue weighted by molar-refractivity contribution is 5.95. The molecule has 0 bridgehead atoms. The van der Waals surface area contributed by atoms with Crippen LogP contribution in [-0.2, 0) is 16.1 Å². The van der Waals surface area contributed by atoms with Crippen molar-refractivity contribution in [3.8, 4) is 0 Å². The molecule has 0 spiro atoms. The maximum atomic E-state index is 13.2. The molecule has 2 saturated heterocycles. The maximum absolute atomic E-state index is 13.2. The van der Waals surface area contributed by atoms with Crippen molar-refractivity contribution in [3.63, 3.8) is 0 Å². The van der Waals surface area contributed by atoms with E-state index < -0.39 is 11.9 Å². The van der Waals surface area contributed by atoms with Gasteiger partial charge >= 0.3 is 0 Å². The van der Waals surface area contributed by atoms with E-state index in [4.69, 9.17) is 4.74 Å². The number of benzene rings is 1. The number of hydrazine groups is 1. The lowest BCUT2D eigenvalue weighted by Gasteiger charge is -2.25. The summed E-state index contributed by atoms with van der Waals surface area (Å²) in [6.07, 6.45) is 8.30. The van der Waals surface area contributed by atoms with Crippen molar-refractivity contribution >= 4 is 11.8 Å². The second-order valence-corrected chi connectivity index (χ2v) is 9.14. The molecule has 2 aromatic rings. The van der Waals surface area contributed by atoms with E-state index >= 15 is 0 Å². The molecule has 11 heteroatoms. The zero-order chi connectivity index (χ0) is 24.9. The average Bonchev–Trinajstić information content (AvgIpc) is 3.52. The number of morpholine rings is 1. The molecule has 36 heavy (non-hydrogen) atoms. The first-order valence-electron chi connectivity index (χ1n) is 12.3. The van der Waals surface area contributed by atoms with Crippen LogP contribution in [0, 0.1) is 0 Å². The molecule has 2 unspecified atom stereocenters. The molecule has 2 atom stereocenters. The molecule has 11 nitrogen and oxygen atoms in total. The van der Waals surface area contributed by atoms with Gasteiger partial charge in [-0.1, -0.05) is 42.5 Å². The van der Waals surface area contributed by atoms with Crippen LogP contribution in [0.4, 0.5) is 0 Å². The summed E-state index contributed by atoms with van der Waals surface area (Å²) >= 11 is 0. The topological polar surface area (TPSA) is 108 Å². The number of ether oxygens (including phenoxy) is 1. The number of fused-ring (bicyclic) bond motifs is 1. The molecule has 0 saturated carbocycles. The summed E-state index contributed by atoms with van der Waals surface area (Å²) in [6.45, 7) is 5.43. The third-order valence-corrected chi connectivity index (χ3v) is 6.57. The number of hydrogen-bond donors (Lipinski definition) is 2. The largest absolute Gasteiger partial charge is 0.379 e. The van der Waals surface area contributed by atoms with Gasteiger partial charge in [0.2, 0.25) is 5.82 Å². The second kappa shape index (κ2) is 11.0. The number of nitrogens with one attached hydrogen (secondary N) is 2. The highest BCUT2D eigenvalue weighted by Gasteiger charge is 2.36. The quantitative estimate of drug-likeness (QED) is 0.528. The molecule has 0 radical (unpaired) electrons. The molecule has 190 valence electrons. The number of aromatic nitrogens is 3. The monoisotopic (exact) mass is 492 g/mol. The molecule has 1 aromatic heterocycles. The number of nitrogens with zero attached hydrogens (tertiary/aromatic N) is 6. The van der Waals surface area contributed by atoms with Crippen LogP contribution >= 0.6 is 0 Å². The third-order valence-electron chi connectivity index (χ3n) is 6.57. The number of hydrogen-bond acceptors (Lipinski definition) is 8.